The Morgan fingerprint density at radius 3 is 2.67 bits per heavy atom. The van der Waals surface area contributed by atoms with Gasteiger partial charge in [0.25, 0.3) is 0 Å². The number of benzene rings is 1. The minimum Gasteiger partial charge on any atom is -0.268 e. The first kappa shape index (κ1) is 12.0. The highest BCUT2D eigenvalue weighted by atomic mass is 32.1. The third-order valence-corrected chi connectivity index (χ3v) is 3.63. The van der Waals surface area contributed by atoms with E-state index in [9.17, 15) is 0 Å². The number of nitrogens with zero attached hydrogens (tertiary/aromatic N) is 4. The lowest BCUT2D eigenvalue weighted by Gasteiger charge is -2.05. The summed E-state index contributed by atoms with van der Waals surface area (Å²) in [6, 6.07) is 15.9. The largest absolute Gasteiger partial charge is 0.268 e. The highest BCUT2D eigenvalue weighted by molar-refractivity contribution is 7.71. The van der Waals surface area contributed by atoms with E-state index in [1.165, 1.54) is 0 Å². The van der Waals surface area contributed by atoms with E-state index in [1.807, 2.05) is 63.8 Å². The van der Waals surface area contributed by atoms with Crippen molar-refractivity contribution in [1.82, 2.24) is 24.4 Å². The normalized spacial score (nSPS) is 11.0. The summed E-state index contributed by atoms with van der Waals surface area (Å²) in [7, 11) is 0. The molecule has 1 N–H and O–H groups in total. The Morgan fingerprint density at radius 2 is 1.81 bits per heavy atom. The van der Waals surface area contributed by atoms with Gasteiger partial charge in [-0.25, -0.2) is 4.52 Å². The molecule has 0 spiro atoms. The zero-order chi connectivity index (χ0) is 14.2. The summed E-state index contributed by atoms with van der Waals surface area (Å²) < 4.78 is 4.30. The molecule has 0 radical (unpaired) electrons. The Kier molecular flexibility index (Phi) is 2.68. The quantitative estimate of drug-likeness (QED) is 0.577. The van der Waals surface area contributed by atoms with Gasteiger partial charge >= 0.3 is 0 Å². The second-order valence-corrected chi connectivity index (χ2v) is 5.00. The van der Waals surface area contributed by atoms with Gasteiger partial charge in [0.2, 0.25) is 0 Å². The molecule has 3 aromatic heterocycles. The maximum Gasteiger partial charge on any atom is 0.200 e. The summed E-state index contributed by atoms with van der Waals surface area (Å²) in [6.07, 6.45) is 3.71. The highest BCUT2D eigenvalue weighted by Gasteiger charge is 2.14. The van der Waals surface area contributed by atoms with Crippen LogP contribution in [0.15, 0.2) is 60.9 Å². The number of hydrogen-bond donors (Lipinski definition) is 1. The number of hydrogen-bond acceptors (Lipinski definition) is 3. The van der Waals surface area contributed by atoms with Crippen LogP contribution in [-0.2, 0) is 0 Å². The van der Waals surface area contributed by atoms with Gasteiger partial charge in [0.05, 0.1) is 17.3 Å². The zero-order valence-corrected chi connectivity index (χ0v) is 11.8. The molecule has 4 rings (SSSR count). The number of fused-ring (bicyclic) bond motifs is 1. The van der Waals surface area contributed by atoms with Gasteiger partial charge in [-0.2, -0.15) is 10.2 Å². The third-order valence-electron chi connectivity index (χ3n) is 3.35. The lowest BCUT2D eigenvalue weighted by molar-refractivity contribution is 0.961. The van der Waals surface area contributed by atoms with Crippen molar-refractivity contribution >= 4 is 17.7 Å². The molecule has 21 heavy (non-hydrogen) atoms. The van der Waals surface area contributed by atoms with Gasteiger partial charge in [-0.15, -0.1) is 0 Å². The van der Waals surface area contributed by atoms with Crippen molar-refractivity contribution in [2.24, 2.45) is 0 Å². The first-order valence-corrected chi connectivity index (χ1v) is 6.91. The summed E-state index contributed by atoms with van der Waals surface area (Å²) in [4.78, 5) is 0. The molecule has 4 aromatic rings. The lowest BCUT2D eigenvalue weighted by atomic mass is 10.2. The Morgan fingerprint density at radius 1 is 1.00 bits per heavy atom. The van der Waals surface area contributed by atoms with Crippen LogP contribution in [0, 0.1) is 4.77 Å². The molecule has 6 heteroatoms. The van der Waals surface area contributed by atoms with Gasteiger partial charge in [-0.1, -0.05) is 24.3 Å². The van der Waals surface area contributed by atoms with E-state index < -0.39 is 0 Å². The Hall–Kier alpha value is -2.73. The van der Waals surface area contributed by atoms with E-state index in [0.29, 0.717) is 4.77 Å². The summed E-state index contributed by atoms with van der Waals surface area (Å²) in [5.74, 6) is 0.757. The third kappa shape index (κ3) is 1.88. The molecule has 3 heterocycles. The molecular formula is C15H11N5S. The van der Waals surface area contributed by atoms with E-state index in [-0.39, 0.29) is 0 Å². The van der Waals surface area contributed by atoms with E-state index >= 15 is 0 Å². The number of aromatic amines is 1. The number of rotatable bonds is 2. The molecule has 0 aliphatic heterocycles. The number of aromatic nitrogens is 5. The van der Waals surface area contributed by atoms with Crippen molar-refractivity contribution in [3.63, 3.8) is 0 Å². The SMILES string of the molecule is S=c1[nH]nc(-c2cnn3ccccc23)n1-c1ccccc1. The minimum atomic E-state index is 0.562. The van der Waals surface area contributed by atoms with Crippen molar-refractivity contribution < 1.29 is 0 Å². The lowest BCUT2D eigenvalue weighted by Crippen LogP contribution is -1.97. The molecule has 0 saturated carbocycles. The van der Waals surface area contributed by atoms with Crippen molar-refractivity contribution in [3.05, 3.63) is 65.7 Å². The van der Waals surface area contributed by atoms with Crippen LogP contribution in [0.3, 0.4) is 0 Å². The van der Waals surface area contributed by atoms with Crippen LogP contribution in [0.4, 0.5) is 0 Å². The van der Waals surface area contributed by atoms with Gasteiger partial charge in [0.1, 0.15) is 0 Å². The Bertz CT molecular complexity index is 964. The van der Waals surface area contributed by atoms with E-state index in [4.69, 9.17) is 12.2 Å². The van der Waals surface area contributed by atoms with Gasteiger partial charge in [-0.05, 0) is 36.5 Å². The molecule has 0 unspecified atom stereocenters. The van der Waals surface area contributed by atoms with Crippen molar-refractivity contribution in [2.45, 2.75) is 0 Å². The summed E-state index contributed by atoms with van der Waals surface area (Å²) >= 11 is 5.37. The molecule has 0 saturated heterocycles. The monoisotopic (exact) mass is 293 g/mol. The first-order chi connectivity index (χ1) is 10.3. The second-order valence-electron chi connectivity index (χ2n) is 4.61. The predicted octanol–water partition coefficient (Wildman–Crippen LogP) is 3.24. The maximum absolute atomic E-state index is 5.37. The van der Waals surface area contributed by atoms with Crippen LogP contribution in [0.1, 0.15) is 0 Å². The topological polar surface area (TPSA) is 50.9 Å². The molecule has 0 atom stereocenters. The zero-order valence-electron chi connectivity index (χ0n) is 11.0. The maximum atomic E-state index is 5.37. The number of nitrogens with one attached hydrogen (secondary N) is 1. The Balaban J connectivity index is 2.01. The van der Waals surface area contributed by atoms with E-state index in [0.717, 1.165) is 22.6 Å². The fourth-order valence-corrected chi connectivity index (χ4v) is 2.64. The molecule has 1 aromatic carbocycles. The molecule has 0 aliphatic rings. The van der Waals surface area contributed by atoms with E-state index in [2.05, 4.69) is 15.3 Å². The fraction of sp³-hybridized carbons (Fsp3) is 0. The molecular weight excluding hydrogens is 282 g/mol. The van der Waals surface area contributed by atoms with Crippen molar-refractivity contribution in [2.75, 3.05) is 0 Å². The fourth-order valence-electron chi connectivity index (χ4n) is 2.40. The second kappa shape index (κ2) is 4.68. The van der Waals surface area contributed by atoms with Crippen LogP contribution in [0.5, 0.6) is 0 Å². The standard InChI is InChI=1S/C15H11N5S/c21-15-18-17-14(20(15)11-6-2-1-3-7-11)12-10-16-19-9-5-4-8-13(12)19/h1-10H,(H,18,21). The summed E-state index contributed by atoms with van der Waals surface area (Å²) in [6.45, 7) is 0. The molecule has 5 nitrogen and oxygen atoms in total. The highest BCUT2D eigenvalue weighted by Crippen LogP contribution is 2.25. The van der Waals surface area contributed by atoms with Crippen molar-refractivity contribution in [3.8, 4) is 17.1 Å². The van der Waals surface area contributed by atoms with Crippen LogP contribution < -0.4 is 0 Å². The predicted molar refractivity (Wildman–Crippen MR) is 82.9 cm³/mol. The van der Waals surface area contributed by atoms with Crippen molar-refractivity contribution in [1.29, 1.82) is 0 Å². The van der Waals surface area contributed by atoms with Gasteiger partial charge in [0, 0.05) is 11.9 Å². The van der Waals surface area contributed by atoms with E-state index in [1.54, 1.807) is 6.20 Å². The first-order valence-electron chi connectivity index (χ1n) is 6.50. The van der Waals surface area contributed by atoms with Gasteiger partial charge < -0.3 is 0 Å². The minimum absolute atomic E-state index is 0.562. The average Bonchev–Trinajstić information content (AvgIpc) is 3.11. The summed E-state index contributed by atoms with van der Waals surface area (Å²) in [5.41, 5.74) is 2.90. The number of H-pyrrole nitrogens is 1. The average molecular weight is 293 g/mol. The Labute approximate surface area is 125 Å². The van der Waals surface area contributed by atoms with Crippen LogP contribution >= 0.6 is 12.2 Å². The molecule has 0 bridgehead atoms. The van der Waals surface area contributed by atoms with Gasteiger partial charge in [0.15, 0.2) is 10.6 Å². The summed E-state index contributed by atoms with van der Waals surface area (Å²) in [5, 5.41) is 11.6. The number of pyridine rings is 1. The van der Waals surface area contributed by atoms with Gasteiger partial charge in [-0.3, -0.25) is 9.67 Å². The number of para-hydroxylation sites is 1. The van der Waals surface area contributed by atoms with Crippen LogP contribution in [-0.4, -0.2) is 24.4 Å². The van der Waals surface area contributed by atoms with Crippen LogP contribution in [0.25, 0.3) is 22.6 Å². The molecule has 102 valence electrons. The molecule has 0 amide bonds. The van der Waals surface area contributed by atoms with Crippen LogP contribution in [0.2, 0.25) is 0 Å². The molecule has 0 aliphatic carbocycles. The molecule has 0 fully saturated rings. The smallest absolute Gasteiger partial charge is 0.200 e.